The van der Waals surface area contributed by atoms with Gasteiger partial charge in [-0.15, -0.1) is 0 Å². The number of likely N-dealkylation sites (tertiary alicyclic amines) is 1. The molecular formula is C27H28Br2N6O3. The number of hydrogen-bond donors (Lipinski definition) is 1. The Morgan fingerprint density at radius 2 is 1.76 bits per heavy atom. The predicted octanol–water partition coefficient (Wildman–Crippen LogP) is 3.35. The molecule has 3 amide bonds. The summed E-state index contributed by atoms with van der Waals surface area (Å²) in [5, 5.41) is 3.81. The summed E-state index contributed by atoms with van der Waals surface area (Å²) in [6.45, 7) is 8.97. The summed E-state index contributed by atoms with van der Waals surface area (Å²) in [6, 6.07) is 9.64. The Morgan fingerprint density at radius 1 is 1.05 bits per heavy atom. The number of aromatic nitrogens is 2. The van der Waals surface area contributed by atoms with Crippen LogP contribution in [0.4, 0.5) is 5.82 Å². The molecule has 9 nitrogen and oxygen atoms in total. The molecule has 0 spiro atoms. The van der Waals surface area contributed by atoms with Gasteiger partial charge in [-0.3, -0.25) is 14.4 Å². The Labute approximate surface area is 237 Å². The van der Waals surface area contributed by atoms with E-state index in [4.69, 9.17) is 0 Å². The number of pyridine rings is 1. The number of carbonyl (C=O) groups is 3. The van der Waals surface area contributed by atoms with E-state index in [9.17, 15) is 14.4 Å². The Balaban J connectivity index is 1.31. The molecule has 0 bridgehead atoms. The van der Waals surface area contributed by atoms with E-state index in [1.165, 1.54) is 6.08 Å². The van der Waals surface area contributed by atoms with Crippen molar-refractivity contribution in [2.75, 3.05) is 44.2 Å². The zero-order valence-corrected chi connectivity index (χ0v) is 24.2. The first kappa shape index (κ1) is 26.4. The van der Waals surface area contributed by atoms with Gasteiger partial charge in [0.15, 0.2) is 0 Å². The molecule has 0 atom stereocenters. The van der Waals surface area contributed by atoms with Crippen LogP contribution < -0.4 is 10.2 Å². The lowest BCUT2D eigenvalue weighted by Crippen LogP contribution is -2.61. The average molecular weight is 644 g/mol. The second-order valence-corrected chi connectivity index (χ2v) is 11.4. The molecule has 0 aliphatic carbocycles. The van der Waals surface area contributed by atoms with Crippen molar-refractivity contribution in [1.82, 2.24) is 24.7 Å². The van der Waals surface area contributed by atoms with E-state index in [2.05, 4.69) is 53.6 Å². The highest BCUT2D eigenvalue weighted by Crippen LogP contribution is 2.30. The predicted molar refractivity (Wildman–Crippen MR) is 153 cm³/mol. The van der Waals surface area contributed by atoms with Gasteiger partial charge >= 0.3 is 0 Å². The standard InChI is InChI=1S/C27H28Br2N6O3/c1-3-25(37)34-14-20(15-34)31-24(36)16-35-17(2)26(21-12-18(28)4-6-22(21)35)27(38)33-10-8-32(9-11-33)23-7-5-19(29)13-30-23/h3-7,12-13,20H,1,8-11,14-16H2,2H3,(H,31,36). The number of rotatable bonds is 6. The van der Waals surface area contributed by atoms with Gasteiger partial charge in [0, 0.05) is 71.0 Å². The highest BCUT2D eigenvalue weighted by molar-refractivity contribution is 9.10. The third-order valence-corrected chi connectivity index (χ3v) is 8.10. The fourth-order valence-corrected chi connectivity index (χ4v) is 5.67. The maximum Gasteiger partial charge on any atom is 0.256 e. The molecule has 1 N–H and O–H groups in total. The van der Waals surface area contributed by atoms with Crippen molar-refractivity contribution in [2.45, 2.75) is 19.5 Å². The molecule has 2 saturated heterocycles. The number of benzene rings is 1. The molecule has 38 heavy (non-hydrogen) atoms. The Bertz CT molecular complexity index is 1410. The van der Waals surface area contributed by atoms with Crippen LogP contribution in [-0.2, 0) is 16.1 Å². The summed E-state index contributed by atoms with van der Waals surface area (Å²) < 4.78 is 3.70. The average Bonchev–Trinajstić information content (AvgIpc) is 3.15. The van der Waals surface area contributed by atoms with Crippen molar-refractivity contribution < 1.29 is 14.4 Å². The molecule has 3 aromatic rings. The quantitative estimate of drug-likeness (QED) is 0.416. The van der Waals surface area contributed by atoms with Gasteiger partial charge in [0.2, 0.25) is 11.8 Å². The van der Waals surface area contributed by atoms with Gasteiger partial charge in [-0.1, -0.05) is 22.5 Å². The van der Waals surface area contributed by atoms with E-state index in [0.717, 1.165) is 31.4 Å². The van der Waals surface area contributed by atoms with Crippen LogP contribution in [0.5, 0.6) is 0 Å². The second-order valence-electron chi connectivity index (χ2n) is 9.53. The minimum absolute atomic E-state index is 0.0363. The van der Waals surface area contributed by atoms with Gasteiger partial charge in [0.05, 0.1) is 11.6 Å². The molecule has 11 heteroatoms. The number of carbonyl (C=O) groups excluding carboxylic acids is 3. The Hall–Kier alpha value is -3.18. The van der Waals surface area contributed by atoms with E-state index < -0.39 is 0 Å². The van der Waals surface area contributed by atoms with Crippen LogP contribution in [0.25, 0.3) is 10.9 Å². The van der Waals surface area contributed by atoms with E-state index in [1.54, 1.807) is 11.1 Å². The summed E-state index contributed by atoms with van der Waals surface area (Å²) >= 11 is 6.96. The van der Waals surface area contributed by atoms with E-state index in [0.29, 0.717) is 44.8 Å². The summed E-state index contributed by atoms with van der Waals surface area (Å²) in [5.74, 6) is 0.570. The van der Waals surface area contributed by atoms with E-state index >= 15 is 0 Å². The van der Waals surface area contributed by atoms with Gasteiger partial charge < -0.3 is 24.6 Å². The lowest BCUT2D eigenvalue weighted by atomic mass is 10.1. The van der Waals surface area contributed by atoms with Gasteiger partial charge in [0.25, 0.3) is 5.91 Å². The SMILES string of the molecule is C=CC(=O)N1CC(NC(=O)Cn2c(C)c(C(=O)N3CCN(c4ccc(Br)cn4)CC3)c3cc(Br)ccc32)C1. The third-order valence-electron chi connectivity index (χ3n) is 7.14. The van der Waals surface area contributed by atoms with Crippen LogP contribution in [0, 0.1) is 6.92 Å². The second kappa shape index (κ2) is 10.9. The largest absolute Gasteiger partial charge is 0.353 e. The number of amides is 3. The monoisotopic (exact) mass is 642 g/mol. The number of anilines is 1. The Morgan fingerprint density at radius 3 is 2.42 bits per heavy atom. The van der Waals surface area contributed by atoms with Gasteiger partial charge in [-0.25, -0.2) is 4.98 Å². The molecule has 2 aliphatic rings. The topological polar surface area (TPSA) is 90.8 Å². The highest BCUT2D eigenvalue weighted by Gasteiger charge is 2.31. The van der Waals surface area contributed by atoms with Crippen LogP contribution in [0.1, 0.15) is 16.1 Å². The fourth-order valence-electron chi connectivity index (χ4n) is 5.08. The van der Waals surface area contributed by atoms with Crippen molar-refractivity contribution in [3.63, 3.8) is 0 Å². The van der Waals surface area contributed by atoms with E-state index in [1.807, 2.05) is 46.7 Å². The first-order valence-electron chi connectivity index (χ1n) is 12.4. The summed E-state index contributed by atoms with van der Waals surface area (Å²) in [5.41, 5.74) is 2.21. The highest BCUT2D eigenvalue weighted by atomic mass is 79.9. The molecule has 2 aliphatic heterocycles. The van der Waals surface area contributed by atoms with Crippen LogP contribution in [0.2, 0.25) is 0 Å². The zero-order valence-electron chi connectivity index (χ0n) is 21.0. The van der Waals surface area contributed by atoms with Crippen molar-refractivity contribution in [1.29, 1.82) is 0 Å². The van der Waals surface area contributed by atoms with Gasteiger partial charge in [-0.05, 0) is 59.3 Å². The smallest absolute Gasteiger partial charge is 0.256 e. The molecule has 4 heterocycles. The van der Waals surface area contributed by atoms with Crippen LogP contribution >= 0.6 is 31.9 Å². The number of fused-ring (bicyclic) bond motifs is 1. The molecule has 2 aromatic heterocycles. The molecule has 0 unspecified atom stereocenters. The first-order valence-corrected chi connectivity index (χ1v) is 14.0. The van der Waals surface area contributed by atoms with Gasteiger partial charge in [0.1, 0.15) is 12.4 Å². The number of halogens is 2. The van der Waals surface area contributed by atoms with Crippen LogP contribution in [-0.4, -0.2) is 82.4 Å². The minimum atomic E-state index is -0.154. The minimum Gasteiger partial charge on any atom is -0.353 e. The number of nitrogens with one attached hydrogen (secondary N) is 1. The number of hydrogen-bond acceptors (Lipinski definition) is 5. The molecule has 0 saturated carbocycles. The first-order chi connectivity index (χ1) is 18.2. The van der Waals surface area contributed by atoms with Crippen LogP contribution in [0.15, 0.2) is 58.1 Å². The van der Waals surface area contributed by atoms with Crippen molar-refractivity contribution >= 4 is 66.3 Å². The molecule has 1 aromatic carbocycles. The van der Waals surface area contributed by atoms with Crippen molar-refractivity contribution in [3.05, 3.63) is 69.4 Å². The summed E-state index contributed by atoms with van der Waals surface area (Å²) in [4.78, 5) is 48.6. The maximum absolute atomic E-state index is 13.8. The molecule has 0 radical (unpaired) electrons. The molecule has 2 fully saturated rings. The summed E-state index contributed by atoms with van der Waals surface area (Å²) in [6.07, 6.45) is 3.06. The lowest BCUT2D eigenvalue weighted by Gasteiger charge is -2.38. The van der Waals surface area contributed by atoms with Crippen LogP contribution in [0.3, 0.4) is 0 Å². The molecule has 5 rings (SSSR count). The fraction of sp³-hybridized carbons (Fsp3) is 0.333. The number of piperazine rings is 1. The Kier molecular flexibility index (Phi) is 7.58. The van der Waals surface area contributed by atoms with Gasteiger partial charge in [-0.2, -0.15) is 0 Å². The lowest BCUT2D eigenvalue weighted by molar-refractivity contribution is -0.133. The van der Waals surface area contributed by atoms with Crippen molar-refractivity contribution in [3.8, 4) is 0 Å². The van der Waals surface area contributed by atoms with Crippen molar-refractivity contribution in [2.24, 2.45) is 0 Å². The third kappa shape index (κ3) is 5.22. The molecular weight excluding hydrogens is 616 g/mol. The van der Waals surface area contributed by atoms with E-state index in [-0.39, 0.29) is 30.3 Å². The summed E-state index contributed by atoms with van der Waals surface area (Å²) in [7, 11) is 0. The number of nitrogens with zero attached hydrogens (tertiary/aromatic N) is 5. The normalized spacial score (nSPS) is 15.9. The molecule has 198 valence electrons. The zero-order chi connectivity index (χ0) is 27.0. The maximum atomic E-state index is 13.8.